The van der Waals surface area contributed by atoms with Gasteiger partial charge < -0.3 is 5.11 Å². The van der Waals surface area contributed by atoms with E-state index in [1.165, 1.54) is 0 Å². The summed E-state index contributed by atoms with van der Waals surface area (Å²) in [7, 11) is 0. The first-order valence-corrected chi connectivity index (χ1v) is 6.43. The van der Waals surface area contributed by atoms with Crippen molar-refractivity contribution < 1.29 is 9.90 Å². The number of hydrogen-bond donors (Lipinski definition) is 1. The van der Waals surface area contributed by atoms with Gasteiger partial charge in [-0.1, -0.05) is 20.8 Å². The number of ketones is 1. The van der Waals surface area contributed by atoms with Gasteiger partial charge >= 0.3 is 0 Å². The molecule has 0 aromatic carbocycles. The second-order valence-electron chi connectivity index (χ2n) is 6.61. The first-order chi connectivity index (χ1) is 7.81. The summed E-state index contributed by atoms with van der Waals surface area (Å²) in [6.45, 7) is 6.08. The quantitative estimate of drug-likeness (QED) is 0.700. The van der Waals surface area contributed by atoms with E-state index in [2.05, 4.69) is 13.0 Å². The average Bonchev–Trinajstić information content (AvgIpc) is 2.23. The van der Waals surface area contributed by atoms with Crippen molar-refractivity contribution in [2.24, 2.45) is 22.7 Å². The normalized spacial score (nSPS) is 44.9. The van der Waals surface area contributed by atoms with Crippen LogP contribution in [0.25, 0.3) is 0 Å². The summed E-state index contributed by atoms with van der Waals surface area (Å²) in [5.41, 5.74) is -0.483. The molecule has 1 N–H and O–H groups in total. The Labute approximate surface area is 103 Å². The van der Waals surface area contributed by atoms with E-state index in [9.17, 15) is 9.90 Å². The molecule has 17 heavy (non-hydrogen) atoms. The Morgan fingerprint density at radius 1 is 1.29 bits per heavy atom. The van der Waals surface area contributed by atoms with E-state index < -0.39 is 11.3 Å². The molecule has 3 heteroatoms. The number of aliphatic hydroxyl groups is 1. The van der Waals surface area contributed by atoms with Crippen molar-refractivity contribution >= 4 is 5.78 Å². The molecule has 2 fully saturated rings. The molecule has 4 atom stereocenters. The van der Waals surface area contributed by atoms with Gasteiger partial charge in [0.15, 0.2) is 5.78 Å². The third-order valence-electron chi connectivity index (χ3n) is 4.98. The van der Waals surface area contributed by atoms with E-state index in [0.717, 1.165) is 19.3 Å². The smallest absolute Gasteiger partial charge is 0.155 e. The van der Waals surface area contributed by atoms with Crippen molar-refractivity contribution in [1.29, 1.82) is 5.26 Å². The highest BCUT2D eigenvalue weighted by atomic mass is 16.3. The van der Waals surface area contributed by atoms with Crippen molar-refractivity contribution in [2.75, 3.05) is 0 Å². The third-order valence-corrected chi connectivity index (χ3v) is 4.98. The molecule has 2 aliphatic carbocycles. The van der Waals surface area contributed by atoms with Crippen LogP contribution in [0.2, 0.25) is 0 Å². The molecule has 2 saturated carbocycles. The Hall–Kier alpha value is -0.880. The first kappa shape index (κ1) is 12.6. The Morgan fingerprint density at radius 3 is 2.53 bits per heavy atom. The summed E-state index contributed by atoms with van der Waals surface area (Å²) in [6, 6.07) is 2.15. The predicted molar refractivity (Wildman–Crippen MR) is 64.0 cm³/mol. The summed E-state index contributed by atoms with van der Waals surface area (Å²) in [5, 5.41) is 19.0. The summed E-state index contributed by atoms with van der Waals surface area (Å²) in [5.74, 6) is -0.0917. The van der Waals surface area contributed by atoms with Crippen LogP contribution in [0.3, 0.4) is 0 Å². The lowest BCUT2D eigenvalue weighted by Gasteiger charge is -2.54. The molecule has 0 saturated heterocycles. The fourth-order valence-corrected chi connectivity index (χ4v) is 4.23. The number of fused-ring (bicyclic) bond motifs is 1. The molecule has 2 rings (SSSR count). The molecule has 0 aliphatic heterocycles. The summed E-state index contributed by atoms with van der Waals surface area (Å²) in [6.07, 6.45) is 2.77. The minimum absolute atomic E-state index is 0.0600. The van der Waals surface area contributed by atoms with Crippen molar-refractivity contribution in [1.82, 2.24) is 0 Å². The molecule has 4 unspecified atom stereocenters. The highest BCUT2D eigenvalue weighted by Gasteiger charge is 2.56. The second kappa shape index (κ2) is 3.81. The highest BCUT2D eigenvalue weighted by molar-refractivity contribution is 5.89. The monoisotopic (exact) mass is 235 g/mol. The van der Waals surface area contributed by atoms with E-state index >= 15 is 0 Å². The van der Waals surface area contributed by atoms with E-state index in [4.69, 9.17) is 5.26 Å². The fraction of sp³-hybridized carbons (Fsp3) is 0.857. The van der Waals surface area contributed by atoms with Crippen molar-refractivity contribution in [3.05, 3.63) is 0 Å². The van der Waals surface area contributed by atoms with Gasteiger partial charge in [-0.15, -0.1) is 0 Å². The zero-order chi connectivity index (χ0) is 12.8. The van der Waals surface area contributed by atoms with Gasteiger partial charge in [0.1, 0.15) is 5.92 Å². The Kier molecular flexibility index (Phi) is 2.82. The third kappa shape index (κ3) is 1.79. The minimum atomic E-state index is -0.489. The predicted octanol–water partition coefficient (Wildman–Crippen LogP) is 2.29. The molecular weight excluding hydrogens is 214 g/mol. The van der Waals surface area contributed by atoms with Crippen LogP contribution in [0.4, 0.5) is 0 Å². The second-order valence-corrected chi connectivity index (χ2v) is 6.61. The van der Waals surface area contributed by atoms with E-state index in [0.29, 0.717) is 12.3 Å². The Balaban J connectivity index is 2.38. The SMILES string of the molecule is CC12CC(O)CCC1C(C)(C)C(=O)C(C#N)C2. The van der Waals surface area contributed by atoms with E-state index in [-0.39, 0.29) is 17.3 Å². The summed E-state index contributed by atoms with van der Waals surface area (Å²) >= 11 is 0. The van der Waals surface area contributed by atoms with Gasteiger partial charge in [-0.05, 0) is 37.0 Å². The largest absolute Gasteiger partial charge is 0.393 e. The standard InChI is InChI=1S/C14H21NO2/c1-13(2)11-5-4-10(16)7-14(11,3)6-9(8-15)12(13)17/h9-11,16H,4-7H2,1-3H3. The van der Waals surface area contributed by atoms with Crippen molar-refractivity contribution in [2.45, 2.75) is 52.6 Å². The summed E-state index contributed by atoms with van der Waals surface area (Å²) in [4.78, 5) is 12.3. The molecule has 94 valence electrons. The molecule has 0 heterocycles. The Bertz CT molecular complexity index is 382. The highest BCUT2D eigenvalue weighted by Crippen LogP contribution is 2.57. The first-order valence-electron chi connectivity index (χ1n) is 6.43. The summed E-state index contributed by atoms with van der Waals surface area (Å²) < 4.78 is 0. The van der Waals surface area contributed by atoms with E-state index in [1.54, 1.807) is 0 Å². The van der Waals surface area contributed by atoms with Crippen LogP contribution >= 0.6 is 0 Å². The van der Waals surface area contributed by atoms with Gasteiger partial charge in [-0.2, -0.15) is 5.26 Å². The number of carbonyl (C=O) groups excluding carboxylic acids is 1. The number of nitriles is 1. The van der Waals surface area contributed by atoms with E-state index in [1.807, 2.05) is 13.8 Å². The molecule has 3 nitrogen and oxygen atoms in total. The molecule has 0 amide bonds. The van der Waals surface area contributed by atoms with Crippen LogP contribution in [0.1, 0.15) is 46.5 Å². The van der Waals surface area contributed by atoms with Crippen LogP contribution in [0.5, 0.6) is 0 Å². The van der Waals surface area contributed by atoms with Gasteiger partial charge in [0, 0.05) is 5.41 Å². The van der Waals surface area contributed by atoms with Gasteiger partial charge in [0.05, 0.1) is 12.2 Å². The molecule has 0 aromatic rings. The van der Waals surface area contributed by atoms with Gasteiger partial charge in [0.25, 0.3) is 0 Å². The maximum Gasteiger partial charge on any atom is 0.155 e. The maximum absolute atomic E-state index is 12.3. The topological polar surface area (TPSA) is 61.1 Å². The van der Waals surface area contributed by atoms with Crippen molar-refractivity contribution in [3.63, 3.8) is 0 Å². The van der Waals surface area contributed by atoms with Gasteiger partial charge in [0.2, 0.25) is 0 Å². The zero-order valence-electron chi connectivity index (χ0n) is 10.9. The Morgan fingerprint density at radius 2 is 1.94 bits per heavy atom. The fourth-order valence-electron chi connectivity index (χ4n) is 4.23. The maximum atomic E-state index is 12.3. The van der Waals surface area contributed by atoms with Crippen LogP contribution in [-0.2, 0) is 4.79 Å². The number of Topliss-reactive ketones (excluding diaryl/α,β-unsaturated/α-hetero) is 1. The molecular formula is C14H21NO2. The molecule has 2 aliphatic rings. The lowest BCUT2D eigenvalue weighted by atomic mass is 9.49. The average molecular weight is 235 g/mol. The lowest BCUT2D eigenvalue weighted by Crippen LogP contribution is -2.54. The molecule has 0 aromatic heterocycles. The van der Waals surface area contributed by atoms with Crippen LogP contribution in [-0.4, -0.2) is 17.0 Å². The molecule has 0 bridgehead atoms. The molecule has 0 radical (unpaired) electrons. The minimum Gasteiger partial charge on any atom is -0.393 e. The van der Waals surface area contributed by atoms with Gasteiger partial charge in [-0.25, -0.2) is 0 Å². The van der Waals surface area contributed by atoms with Gasteiger partial charge in [-0.3, -0.25) is 4.79 Å². The van der Waals surface area contributed by atoms with Crippen LogP contribution in [0.15, 0.2) is 0 Å². The van der Waals surface area contributed by atoms with Crippen molar-refractivity contribution in [3.8, 4) is 6.07 Å². The van der Waals surface area contributed by atoms with Crippen LogP contribution in [0, 0.1) is 34.0 Å². The van der Waals surface area contributed by atoms with Crippen LogP contribution < -0.4 is 0 Å². The number of rotatable bonds is 0. The number of aliphatic hydroxyl groups excluding tert-OH is 1. The lowest BCUT2D eigenvalue weighted by molar-refractivity contribution is -0.151. The number of nitrogens with zero attached hydrogens (tertiary/aromatic N) is 1. The zero-order valence-corrected chi connectivity index (χ0v) is 10.9. The molecule has 0 spiro atoms. The number of carbonyl (C=O) groups is 1. The number of hydrogen-bond acceptors (Lipinski definition) is 3.